The third kappa shape index (κ3) is 4.02. The van der Waals surface area contributed by atoms with E-state index in [0.29, 0.717) is 16.5 Å². The second-order valence-corrected chi connectivity index (χ2v) is 6.23. The van der Waals surface area contributed by atoms with Crippen molar-refractivity contribution < 1.29 is 9.18 Å². The molecule has 0 aliphatic heterocycles. The molecule has 0 bridgehead atoms. The van der Waals surface area contributed by atoms with Gasteiger partial charge in [-0.1, -0.05) is 25.5 Å². The predicted octanol–water partition coefficient (Wildman–Crippen LogP) is 5.28. The van der Waals surface area contributed by atoms with E-state index >= 15 is 0 Å². The third-order valence-electron chi connectivity index (χ3n) is 4.17. The Morgan fingerprint density at radius 2 is 1.88 bits per heavy atom. The first-order chi connectivity index (χ1) is 12.1. The van der Waals surface area contributed by atoms with Crippen LogP contribution in [0.25, 0.3) is 10.9 Å². The molecule has 0 atom stereocenters. The maximum Gasteiger partial charge on any atom is 0.256 e. The number of unbranched alkanes of at least 4 members (excludes halogenated alkanes) is 1. The summed E-state index contributed by atoms with van der Waals surface area (Å²) < 4.78 is 13.6. The number of halogens is 1. The van der Waals surface area contributed by atoms with Gasteiger partial charge in [0.05, 0.1) is 11.1 Å². The summed E-state index contributed by atoms with van der Waals surface area (Å²) >= 11 is 0. The van der Waals surface area contributed by atoms with Crippen molar-refractivity contribution in [2.45, 2.75) is 33.1 Å². The molecule has 25 heavy (non-hydrogen) atoms. The van der Waals surface area contributed by atoms with Gasteiger partial charge in [-0.05, 0) is 61.7 Å². The summed E-state index contributed by atoms with van der Waals surface area (Å²) in [5.74, 6) is -0.644. The largest absolute Gasteiger partial charge is 0.322 e. The number of nitrogens with zero attached hydrogens (tertiary/aromatic N) is 1. The van der Waals surface area contributed by atoms with Crippen molar-refractivity contribution in [1.29, 1.82) is 0 Å². The molecule has 0 aliphatic carbocycles. The van der Waals surface area contributed by atoms with E-state index in [1.165, 1.54) is 17.7 Å². The van der Waals surface area contributed by atoms with Crippen LogP contribution in [0.3, 0.4) is 0 Å². The van der Waals surface area contributed by atoms with Crippen molar-refractivity contribution in [2.24, 2.45) is 0 Å². The molecule has 0 radical (unpaired) electrons. The number of fused-ring (bicyclic) bond motifs is 1. The Balaban J connectivity index is 1.86. The molecule has 0 spiro atoms. The van der Waals surface area contributed by atoms with E-state index in [0.717, 1.165) is 30.6 Å². The van der Waals surface area contributed by atoms with Crippen LogP contribution in [0.15, 0.2) is 48.5 Å². The van der Waals surface area contributed by atoms with Gasteiger partial charge in [0.2, 0.25) is 0 Å². The van der Waals surface area contributed by atoms with Gasteiger partial charge in [-0.25, -0.2) is 4.39 Å². The standard InChI is InChI=1S/C21H21FN2O/c1-3-4-5-15-6-9-17(10-7-15)24-21(25)19-12-14(2)23-20-11-8-16(22)13-18(19)20/h6-13H,3-5H2,1-2H3,(H,24,25). The van der Waals surface area contributed by atoms with Crippen LogP contribution in [0.4, 0.5) is 10.1 Å². The number of hydrogen-bond donors (Lipinski definition) is 1. The summed E-state index contributed by atoms with van der Waals surface area (Å²) in [6, 6.07) is 13.8. The normalized spacial score (nSPS) is 10.8. The highest BCUT2D eigenvalue weighted by atomic mass is 19.1. The van der Waals surface area contributed by atoms with Gasteiger partial charge in [-0.3, -0.25) is 9.78 Å². The predicted molar refractivity (Wildman–Crippen MR) is 99.4 cm³/mol. The van der Waals surface area contributed by atoms with Gasteiger partial charge in [0.15, 0.2) is 0 Å². The number of nitrogens with one attached hydrogen (secondary N) is 1. The second kappa shape index (κ2) is 7.43. The number of anilines is 1. The monoisotopic (exact) mass is 336 g/mol. The quantitative estimate of drug-likeness (QED) is 0.689. The fourth-order valence-corrected chi connectivity index (χ4v) is 2.85. The van der Waals surface area contributed by atoms with Crippen LogP contribution in [0.2, 0.25) is 0 Å². The van der Waals surface area contributed by atoms with E-state index in [4.69, 9.17) is 0 Å². The van der Waals surface area contributed by atoms with E-state index in [2.05, 4.69) is 17.2 Å². The Labute approximate surface area is 146 Å². The maximum atomic E-state index is 13.6. The van der Waals surface area contributed by atoms with Crippen LogP contribution in [-0.2, 0) is 6.42 Å². The summed E-state index contributed by atoms with van der Waals surface area (Å²) in [4.78, 5) is 17.0. The van der Waals surface area contributed by atoms with E-state index in [1.807, 2.05) is 31.2 Å². The van der Waals surface area contributed by atoms with Crippen LogP contribution in [0.1, 0.15) is 41.4 Å². The first kappa shape index (κ1) is 17.1. The lowest BCUT2D eigenvalue weighted by Gasteiger charge is -2.10. The summed E-state index contributed by atoms with van der Waals surface area (Å²) in [6.07, 6.45) is 3.35. The lowest BCUT2D eigenvalue weighted by molar-refractivity contribution is 0.102. The van der Waals surface area contributed by atoms with Crippen molar-refractivity contribution in [3.8, 4) is 0 Å². The lowest BCUT2D eigenvalue weighted by atomic mass is 10.1. The Morgan fingerprint density at radius 1 is 1.12 bits per heavy atom. The molecule has 0 aliphatic rings. The molecule has 3 aromatic rings. The van der Waals surface area contributed by atoms with Crippen LogP contribution in [0.5, 0.6) is 0 Å². The first-order valence-electron chi connectivity index (χ1n) is 8.54. The van der Waals surface area contributed by atoms with E-state index in [9.17, 15) is 9.18 Å². The van der Waals surface area contributed by atoms with Gasteiger partial charge in [-0.2, -0.15) is 0 Å². The van der Waals surface area contributed by atoms with E-state index in [-0.39, 0.29) is 11.7 Å². The first-order valence-corrected chi connectivity index (χ1v) is 8.54. The number of rotatable bonds is 5. The SMILES string of the molecule is CCCCc1ccc(NC(=O)c2cc(C)nc3ccc(F)cc23)cc1. The molecule has 128 valence electrons. The number of carbonyl (C=O) groups excluding carboxylic acids is 1. The minimum absolute atomic E-state index is 0.262. The maximum absolute atomic E-state index is 13.6. The lowest BCUT2D eigenvalue weighted by Crippen LogP contribution is -2.13. The molecule has 2 aromatic carbocycles. The van der Waals surface area contributed by atoms with E-state index < -0.39 is 0 Å². The zero-order valence-corrected chi connectivity index (χ0v) is 14.5. The Bertz CT molecular complexity index is 904. The zero-order chi connectivity index (χ0) is 17.8. The molecular weight excluding hydrogens is 315 g/mol. The number of benzene rings is 2. The third-order valence-corrected chi connectivity index (χ3v) is 4.17. The van der Waals surface area contributed by atoms with Gasteiger partial charge in [-0.15, -0.1) is 0 Å². The molecule has 1 heterocycles. The minimum atomic E-state index is -0.382. The zero-order valence-electron chi connectivity index (χ0n) is 14.5. The number of pyridine rings is 1. The van der Waals surface area contributed by atoms with Gasteiger partial charge in [0.25, 0.3) is 5.91 Å². The number of aromatic nitrogens is 1. The molecule has 0 saturated carbocycles. The molecule has 3 rings (SSSR count). The average molecular weight is 336 g/mol. The molecule has 0 fully saturated rings. The highest BCUT2D eigenvalue weighted by Crippen LogP contribution is 2.21. The number of carbonyl (C=O) groups is 1. The van der Waals surface area contributed by atoms with Gasteiger partial charge < -0.3 is 5.32 Å². The molecule has 1 aromatic heterocycles. The van der Waals surface area contributed by atoms with E-state index in [1.54, 1.807) is 12.1 Å². The molecule has 0 unspecified atom stereocenters. The Morgan fingerprint density at radius 3 is 2.60 bits per heavy atom. The molecular formula is C21H21FN2O. The molecule has 1 N–H and O–H groups in total. The van der Waals surface area contributed by atoms with Gasteiger partial charge in [0, 0.05) is 16.8 Å². The van der Waals surface area contributed by atoms with Gasteiger partial charge in [0.1, 0.15) is 5.82 Å². The van der Waals surface area contributed by atoms with Crippen molar-refractivity contribution in [3.05, 3.63) is 71.2 Å². The Hall–Kier alpha value is -2.75. The number of amides is 1. The average Bonchev–Trinajstić information content (AvgIpc) is 2.60. The smallest absolute Gasteiger partial charge is 0.256 e. The fraction of sp³-hybridized carbons (Fsp3) is 0.238. The summed E-state index contributed by atoms with van der Waals surface area (Å²) in [7, 11) is 0. The van der Waals surface area contributed by atoms with Crippen LogP contribution < -0.4 is 5.32 Å². The topological polar surface area (TPSA) is 42.0 Å². The van der Waals surface area contributed by atoms with Crippen LogP contribution in [0, 0.1) is 12.7 Å². The van der Waals surface area contributed by atoms with Crippen molar-refractivity contribution in [3.63, 3.8) is 0 Å². The highest BCUT2D eigenvalue weighted by molar-refractivity contribution is 6.12. The Kier molecular flexibility index (Phi) is 5.08. The molecule has 4 heteroatoms. The van der Waals surface area contributed by atoms with Crippen molar-refractivity contribution in [1.82, 2.24) is 4.98 Å². The van der Waals surface area contributed by atoms with Gasteiger partial charge >= 0.3 is 0 Å². The number of hydrogen-bond acceptors (Lipinski definition) is 2. The second-order valence-electron chi connectivity index (χ2n) is 6.23. The summed E-state index contributed by atoms with van der Waals surface area (Å²) in [5.41, 5.74) is 3.74. The van der Waals surface area contributed by atoms with Crippen molar-refractivity contribution >= 4 is 22.5 Å². The fourth-order valence-electron chi connectivity index (χ4n) is 2.85. The van der Waals surface area contributed by atoms with Crippen molar-refractivity contribution in [2.75, 3.05) is 5.32 Å². The molecule has 1 amide bonds. The molecule has 3 nitrogen and oxygen atoms in total. The summed E-state index contributed by atoms with van der Waals surface area (Å²) in [5, 5.41) is 3.41. The number of aryl methyl sites for hydroxylation is 2. The van der Waals surface area contributed by atoms with Crippen LogP contribution in [-0.4, -0.2) is 10.9 Å². The van der Waals surface area contributed by atoms with Crippen LogP contribution >= 0.6 is 0 Å². The minimum Gasteiger partial charge on any atom is -0.322 e. The molecule has 0 saturated heterocycles. The highest BCUT2D eigenvalue weighted by Gasteiger charge is 2.13. The summed E-state index contributed by atoms with van der Waals surface area (Å²) in [6.45, 7) is 3.99.